The fraction of sp³-hybridized carbons (Fsp3) is 0.200. The molecule has 1 aliphatic rings. The molecule has 1 aliphatic heterocycles. The van der Waals surface area contributed by atoms with Crippen molar-refractivity contribution in [2.24, 2.45) is 0 Å². The van der Waals surface area contributed by atoms with Crippen LogP contribution in [-0.4, -0.2) is 48.5 Å². The summed E-state index contributed by atoms with van der Waals surface area (Å²) in [5.74, 6) is 1.17. The van der Waals surface area contributed by atoms with Crippen molar-refractivity contribution < 1.29 is 19.1 Å². The Hall–Kier alpha value is -3.28. The number of imide groups is 1. The van der Waals surface area contributed by atoms with Crippen LogP contribution < -0.4 is 9.47 Å². The van der Waals surface area contributed by atoms with Gasteiger partial charge >= 0.3 is 6.03 Å². The highest BCUT2D eigenvalue weighted by atomic mass is 16.5. The summed E-state index contributed by atoms with van der Waals surface area (Å²) >= 11 is 0. The van der Waals surface area contributed by atoms with E-state index in [1.54, 1.807) is 37.6 Å². The lowest BCUT2D eigenvalue weighted by molar-refractivity contribution is -0.125. The SMILES string of the molecule is COc1ccc(OCCN2C(=O)CN(/C=C/c3ccccc3)C2=O)cc1. The smallest absolute Gasteiger partial charge is 0.331 e. The number of amides is 3. The molecule has 3 rings (SSSR count). The lowest BCUT2D eigenvalue weighted by Gasteiger charge is -2.15. The van der Waals surface area contributed by atoms with E-state index in [4.69, 9.17) is 9.47 Å². The van der Waals surface area contributed by atoms with Crippen molar-refractivity contribution in [3.05, 3.63) is 66.4 Å². The van der Waals surface area contributed by atoms with E-state index in [2.05, 4.69) is 0 Å². The quantitative estimate of drug-likeness (QED) is 0.719. The molecule has 1 saturated heterocycles. The first kappa shape index (κ1) is 17.5. The minimum atomic E-state index is -0.333. The number of rotatable bonds is 7. The molecule has 0 atom stereocenters. The molecule has 1 fully saturated rings. The molecule has 1 heterocycles. The van der Waals surface area contributed by atoms with Crippen molar-refractivity contribution in [3.8, 4) is 11.5 Å². The van der Waals surface area contributed by atoms with Crippen LogP contribution in [0, 0.1) is 0 Å². The fourth-order valence-corrected chi connectivity index (χ4v) is 2.56. The third kappa shape index (κ3) is 4.22. The van der Waals surface area contributed by atoms with Crippen molar-refractivity contribution >= 4 is 18.0 Å². The molecule has 0 bridgehead atoms. The van der Waals surface area contributed by atoms with Crippen LogP contribution in [0.5, 0.6) is 11.5 Å². The molecular weight excluding hydrogens is 332 g/mol. The highest BCUT2D eigenvalue weighted by molar-refractivity contribution is 6.02. The van der Waals surface area contributed by atoms with Crippen molar-refractivity contribution in [1.82, 2.24) is 9.80 Å². The van der Waals surface area contributed by atoms with Gasteiger partial charge < -0.3 is 9.47 Å². The second-order valence-corrected chi connectivity index (χ2v) is 5.71. The van der Waals surface area contributed by atoms with E-state index in [0.29, 0.717) is 5.75 Å². The summed E-state index contributed by atoms with van der Waals surface area (Å²) in [5.41, 5.74) is 0.967. The van der Waals surface area contributed by atoms with Crippen LogP contribution in [0.25, 0.3) is 6.08 Å². The predicted molar refractivity (Wildman–Crippen MR) is 97.8 cm³/mol. The summed E-state index contributed by atoms with van der Waals surface area (Å²) in [6, 6.07) is 16.4. The molecule has 2 aromatic rings. The number of carbonyl (C=O) groups excluding carboxylic acids is 2. The maximum Gasteiger partial charge on any atom is 0.331 e. The van der Waals surface area contributed by atoms with E-state index >= 15 is 0 Å². The molecule has 0 spiro atoms. The van der Waals surface area contributed by atoms with Crippen LogP contribution in [0.15, 0.2) is 60.8 Å². The Morgan fingerprint density at radius 1 is 1.00 bits per heavy atom. The number of urea groups is 1. The van der Waals surface area contributed by atoms with Crippen molar-refractivity contribution in [2.45, 2.75) is 0 Å². The molecule has 0 unspecified atom stereocenters. The van der Waals surface area contributed by atoms with Gasteiger partial charge in [0.2, 0.25) is 0 Å². The number of hydrogen-bond acceptors (Lipinski definition) is 4. The molecule has 0 aliphatic carbocycles. The standard InChI is InChI=1S/C20H20N2O4/c1-25-17-7-9-18(10-8-17)26-14-13-22-19(23)15-21(20(22)24)12-11-16-5-3-2-4-6-16/h2-12H,13-15H2,1H3/b12-11+. The number of hydrogen-bond donors (Lipinski definition) is 0. The minimum Gasteiger partial charge on any atom is -0.497 e. The maximum atomic E-state index is 12.4. The van der Waals surface area contributed by atoms with Crippen LogP contribution >= 0.6 is 0 Å². The average molecular weight is 352 g/mol. The van der Waals surface area contributed by atoms with Crippen molar-refractivity contribution in [3.63, 3.8) is 0 Å². The topological polar surface area (TPSA) is 59.1 Å². The second kappa shape index (κ2) is 8.20. The largest absolute Gasteiger partial charge is 0.497 e. The summed E-state index contributed by atoms with van der Waals surface area (Å²) in [7, 11) is 1.60. The second-order valence-electron chi connectivity index (χ2n) is 5.71. The van der Waals surface area contributed by atoms with E-state index < -0.39 is 0 Å². The molecule has 26 heavy (non-hydrogen) atoms. The van der Waals surface area contributed by atoms with E-state index in [1.165, 1.54) is 9.80 Å². The van der Waals surface area contributed by atoms with Gasteiger partial charge in [0.05, 0.1) is 13.7 Å². The van der Waals surface area contributed by atoms with Crippen LogP contribution in [0.1, 0.15) is 5.56 Å². The van der Waals surface area contributed by atoms with Gasteiger partial charge in [0.1, 0.15) is 24.7 Å². The van der Waals surface area contributed by atoms with E-state index in [9.17, 15) is 9.59 Å². The number of methoxy groups -OCH3 is 1. The first-order chi connectivity index (χ1) is 12.7. The number of benzene rings is 2. The van der Waals surface area contributed by atoms with Crippen LogP contribution in [0.3, 0.4) is 0 Å². The van der Waals surface area contributed by atoms with Gasteiger partial charge in [-0.1, -0.05) is 30.3 Å². The molecule has 0 saturated carbocycles. The monoisotopic (exact) mass is 352 g/mol. The Balaban J connectivity index is 1.52. The zero-order valence-corrected chi connectivity index (χ0v) is 14.5. The molecule has 0 aromatic heterocycles. The third-order valence-corrected chi connectivity index (χ3v) is 3.97. The molecular formula is C20H20N2O4. The Bertz CT molecular complexity index is 787. The van der Waals surface area contributed by atoms with E-state index in [-0.39, 0.29) is 31.6 Å². The summed E-state index contributed by atoms with van der Waals surface area (Å²) < 4.78 is 10.7. The van der Waals surface area contributed by atoms with Crippen molar-refractivity contribution in [1.29, 1.82) is 0 Å². The van der Waals surface area contributed by atoms with E-state index in [0.717, 1.165) is 11.3 Å². The maximum absolute atomic E-state index is 12.4. The van der Waals surface area contributed by atoms with E-state index in [1.807, 2.05) is 36.4 Å². The van der Waals surface area contributed by atoms with Gasteiger partial charge in [0, 0.05) is 6.20 Å². The average Bonchev–Trinajstić information content (AvgIpc) is 2.95. The Morgan fingerprint density at radius 3 is 2.38 bits per heavy atom. The van der Waals surface area contributed by atoms with Crippen LogP contribution in [-0.2, 0) is 4.79 Å². The lowest BCUT2D eigenvalue weighted by atomic mass is 10.2. The summed E-state index contributed by atoms with van der Waals surface area (Å²) in [5, 5.41) is 0. The molecule has 6 nitrogen and oxygen atoms in total. The minimum absolute atomic E-state index is 0.0463. The van der Waals surface area contributed by atoms with Gasteiger partial charge in [0.25, 0.3) is 5.91 Å². The molecule has 6 heteroatoms. The number of ether oxygens (including phenoxy) is 2. The first-order valence-corrected chi connectivity index (χ1v) is 8.28. The number of nitrogens with zero attached hydrogens (tertiary/aromatic N) is 2. The fourth-order valence-electron chi connectivity index (χ4n) is 2.56. The molecule has 0 N–H and O–H groups in total. The van der Waals surface area contributed by atoms with Gasteiger partial charge in [-0.2, -0.15) is 0 Å². The Morgan fingerprint density at radius 2 is 1.69 bits per heavy atom. The lowest BCUT2D eigenvalue weighted by Crippen LogP contribution is -2.34. The van der Waals surface area contributed by atoms with Gasteiger partial charge in [0.15, 0.2) is 0 Å². The van der Waals surface area contributed by atoms with Gasteiger partial charge in [-0.3, -0.25) is 14.6 Å². The van der Waals surface area contributed by atoms with Crippen LogP contribution in [0.2, 0.25) is 0 Å². The summed E-state index contributed by atoms with van der Waals surface area (Å²) in [6.07, 6.45) is 3.45. The summed E-state index contributed by atoms with van der Waals surface area (Å²) in [4.78, 5) is 27.1. The number of carbonyl (C=O) groups is 2. The van der Waals surface area contributed by atoms with Crippen LogP contribution in [0.4, 0.5) is 4.79 Å². The molecule has 0 radical (unpaired) electrons. The van der Waals surface area contributed by atoms with Gasteiger partial charge in [-0.15, -0.1) is 0 Å². The van der Waals surface area contributed by atoms with Gasteiger partial charge in [-0.05, 0) is 35.9 Å². The highest BCUT2D eigenvalue weighted by Crippen LogP contribution is 2.17. The predicted octanol–water partition coefficient (Wildman–Crippen LogP) is 3.01. The zero-order valence-electron chi connectivity index (χ0n) is 14.5. The third-order valence-electron chi connectivity index (χ3n) is 3.97. The van der Waals surface area contributed by atoms with Gasteiger partial charge in [-0.25, -0.2) is 4.79 Å². The normalized spacial score (nSPS) is 14.3. The highest BCUT2D eigenvalue weighted by Gasteiger charge is 2.34. The molecule has 3 amide bonds. The molecule has 2 aromatic carbocycles. The zero-order chi connectivity index (χ0) is 18.4. The summed E-state index contributed by atoms with van der Waals surface area (Å²) in [6.45, 7) is 0.490. The Kier molecular flexibility index (Phi) is 5.53. The Labute approximate surface area is 152 Å². The van der Waals surface area contributed by atoms with Crippen molar-refractivity contribution in [2.75, 3.05) is 26.8 Å². The first-order valence-electron chi connectivity index (χ1n) is 8.28. The molecule has 134 valence electrons.